The van der Waals surface area contributed by atoms with E-state index >= 15 is 0 Å². The average molecular weight is 398 g/mol. The van der Waals surface area contributed by atoms with E-state index < -0.39 is 0 Å². The van der Waals surface area contributed by atoms with Crippen LogP contribution in [0.4, 0.5) is 11.4 Å². The van der Waals surface area contributed by atoms with Crippen molar-refractivity contribution in [2.75, 3.05) is 31.1 Å². The normalized spacial score (nSPS) is 14.3. The van der Waals surface area contributed by atoms with Gasteiger partial charge in [0.1, 0.15) is 0 Å². The first kappa shape index (κ1) is 19.6. The molecule has 4 rings (SSSR count). The lowest BCUT2D eigenvalue weighted by molar-refractivity contribution is -0.384. The van der Waals surface area contributed by atoms with E-state index in [1.54, 1.807) is 12.1 Å². The van der Waals surface area contributed by atoms with Crippen molar-refractivity contribution >= 4 is 11.4 Å². The first-order chi connectivity index (χ1) is 14.6. The van der Waals surface area contributed by atoms with Crippen LogP contribution in [0, 0.1) is 21.4 Å². The van der Waals surface area contributed by atoms with Gasteiger partial charge in [0.25, 0.3) is 5.69 Å². The van der Waals surface area contributed by atoms with Crippen LogP contribution in [-0.2, 0) is 6.54 Å². The lowest BCUT2D eigenvalue weighted by Crippen LogP contribution is -2.45. The summed E-state index contributed by atoms with van der Waals surface area (Å²) >= 11 is 0. The van der Waals surface area contributed by atoms with Gasteiger partial charge in [-0.2, -0.15) is 5.26 Å². The number of anilines is 1. The zero-order valence-electron chi connectivity index (χ0n) is 16.6. The quantitative estimate of drug-likeness (QED) is 0.469. The number of hydrogen-bond donors (Lipinski definition) is 0. The molecule has 0 bridgehead atoms. The number of non-ortho nitro benzene ring substituents is 1. The van der Waals surface area contributed by atoms with Crippen LogP contribution in [0.3, 0.4) is 0 Å². The van der Waals surface area contributed by atoms with Gasteiger partial charge in [0.15, 0.2) is 0 Å². The second kappa shape index (κ2) is 8.76. The van der Waals surface area contributed by atoms with Crippen LogP contribution in [0.15, 0.2) is 72.8 Å². The fraction of sp³-hybridized carbons (Fsp3) is 0.208. The summed E-state index contributed by atoms with van der Waals surface area (Å²) < 4.78 is 0. The van der Waals surface area contributed by atoms with Crippen LogP contribution in [0.25, 0.3) is 11.1 Å². The van der Waals surface area contributed by atoms with Crippen molar-refractivity contribution in [1.29, 1.82) is 5.26 Å². The molecule has 0 saturated carbocycles. The zero-order chi connectivity index (χ0) is 20.9. The van der Waals surface area contributed by atoms with E-state index in [-0.39, 0.29) is 10.6 Å². The Kier molecular flexibility index (Phi) is 5.73. The summed E-state index contributed by atoms with van der Waals surface area (Å²) in [4.78, 5) is 15.1. The number of nitro groups is 1. The third kappa shape index (κ3) is 4.32. The highest BCUT2D eigenvalue weighted by Crippen LogP contribution is 2.24. The van der Waals surface area contributed by atoms with Gasteiger partial charge < -0.3 is 4.90 Å². The topological polar surface area (TPSA) is 73.4 Å². The molecule has 0 radical (unpaired) electrons. The first-order valence-electron chi connectivity index (χ1n) is 9.94. The number of nitrogens with zero attached hydrogens (tertiary/aromatic N) is 4. The van der Waals surface area contributed by atoms with Gasteiger partial charge in [-0.15, -0.1) is 0 Å². The maximum Gasteiger partial charge on any atom is 0.269 e. The van der Waals surface area contributed by atoms with Crippen LogP contribution >= 0.6 is 0 Å². The summed E-state index contributed by atoms with van der Waals surface area (Å²) in [6, 6.07) is 25.1. The van der Waals surface area contributed by atoms with Gasteiger partial charge in [0.2, 0.25) is 0 Å². The number of nitro benzene ring substituents is 1. The van der Waals surface area contributed by atoms with Gasteiger partial charge in [-0.3, -0.25) is 15.0 Å². The summed E-state index contributed by atoms with van der Waals surface area (Å²) in [5.41, 5.74) is 5.10. The Hall–Kier alpha value is -3.69. The molecule has 3 aromatic rings. The van der Waals surface area contributed by atoms with Crippen LogP contribution in [0.2, 0.25) is 0 Å². The summed E-state index contributed by atoms with van der Waals surface area (Å²) in [7, 11) is 0. The predicted molar refractivity (Wildman–Crippen MR) is 117 cm³/mol. The van der Waals surface area contributed by atoms with Crippen LogP contribution < -0.4 is 4.90 Å². The highest BCUT2D eigenvalue weighted by molar-refractivity contribution is 5.70. The van der Waals surface area contributed by atoms with Crippen molar-refractivity contribution in [3.05, 3.63) is 94.0 Å². The fourth-order valence-electron chi connectivity index (χ4n) is 3.83. The average Bonchev–Trinajstić information content (AvgIpc) is 2.80. The Morgan fingerprint density at radius 2 is 1.57 bits per heavy atom. The molecule has 0 unspecified atom stereocenters. The number of benzene rings is 3. The second-order valence-corrected chi connectivity index (χ2v) is 7.39. The molecule has 0 spiro atoms. The third-order valence-electron chi connectivity index (χ3n) is 5.52. The third-order valence-corrected chi connectivity index (χ3v) is 5.52. The summed E-state index contributed by atoms with van der Waals surface area (Å²) in [6.07, 6.45) is 0. The summed E-state index contributed by atoms with van der Waals surface area (Å²) in [5.74, 6) is 0. The number of nitriles is 1. The van der Waals surface area contributed by atoms with Gasteiger partial charge in [0, 0.05) is 50.5 Å². The SMILES string of the molecule is N#Cc1ccccc1-c1ccc(CN2CCN(c3ccc([N+](=O)[O-])cc3)CC2)cc1. The number of hydrogen-bond acceptors (Lipinski definition) is 5. The standard InChI is InChI=1S/C24H22N4O2/c25-17-21-3-1-2-4-24(21)20-7-5-19(6-8-20)18-26-13-15-27(16-14-26)22-9-11-23(12-10-22)28(29)30/h1-12H,13-16,18H2. The monoisotopic (exact) mass is 398 g/mol. The van der Waals surface area contributed by atoms with E-state index in [1.165, 1.54) is 5.56 Å². The lowest BCUT2D eigenvalue weighted by atomic mass is 9.99. The molecule has 0 atom stereocenters. The molecular formula is C24H22N4O2. The number of rotatable bonds is 5. The second-order valence-electron chi connectivity index (χ2n) is 7.39. The minimum absolute atomic E-state index is 0.123. The minimum atomic E-state index is -0.369. The Bertz CT molecular complexity index is 1060. The van der Waals surface area contributed by atoms with Gasteiger partial charge >= 0.3 is 0 Å². The van der Waals surface area contributed by atoms with Gasteiger partial charge in [-0.1, -0.05) is 42.5 Å². The molecule has 1 aliphatic rings. The number of piperazine rings is 1. The van der Waals surface area contributed by atoms with Crippen LogP contribution in [0.1, 0.15) is 11.1 Å². The molecule has 1 aliphatic heterocycles. The minimum Gasteiger partial charge on any atom is -0.369 e. The van der Waals surface area contributed by atoms with E-state index in [0.29, 0.717) is 5.56 Å². The Morgan fingerprint density at radius 3 is 2.20 bits per heavy atom. The Labute approximate surface area is 175 Å². The molecule has 0 amide bonds. The van der Waals surface area contributed by atoms with Crippen molar-refractivity contribution < 1.29 is 4.92 Å². The van der Waals surface area contributed by atoms with Crippen molar-refractivity contribution in [3.63, 3.8) is 0 Å². The molecule has 0 aromatic heterocycles. The lowest BCUT2D eigenvalue weighted by Gasteiger charge is -2.36. The highest BCUT2D eigenvalue weighted by Gasteiger charge is 2.18. The molecule has 0 aliphatic carbocycles. The molecule has 0 N–H and O–H groups in total. The van der Waals surface area contributed by atoms with E-state index in [9.17, 15) is 15.4 Å². The maximum atomic E-state index is 10.8. The van der Waals surface area contributed by atoms with Crippen molar-refractivity contribution in [2.24, 2.45) is 0 Å². The smallest absolute Gasteiger partial charge is 0.269 e. The van der Waals surface area contributed by atoms with E-state index in [2.05, 4.69) is 40.1 Å². The molecule has 1 fully saturated rings. The molecule has 6 heteroatoms. The van der Waals surface area contributed by atoms with Crippen molar-refractivity contribution in [2.45, 2.75) is 6.54 Å². The molecular weight excluding hydrogens is 376 g/mol. The Balaban J connectivity index is 1.35. The van der Waals surface area contributed by atoms with Gasteiger partial charge in [-0.05, 0) is 34.9 Å². The zero-order valence-corrected chi connectivity index (χ0v) is 16.6. The summed E-state index contributed by atoms with van der Waals surface area (Å²) in [5, 5.41) is 20.1. The fourth-order valence-corrected chi connectivity index (χ4v) is 3.83. The first-order valence-corrected chi connectivity index (χ1v) is 9.94. The van der Waals surface area contributed by atoms with Crippen molar-refractivity contribution in [1.82, 2.24) is 4.90 Å². The maximum absolute atomic E-state index is 10.8. The van der Waals surface area contributed by atoms with Crippen LogP contribution in [0.5, 0.6) is 0 Å². The molecule has 3 aromatic carbocycles. The van der Waals surface area contributed by atoms with Crippen LogP contribution in [-0.4, -0.2) is 36.0 Å². The van der Waals surface area contributed by atoms with Crippen molar-refractivity contribution in [3.8, 4) is 17.2 Å². The molecule has 6 nitrogen and oxygen atoms in total. The molecule has 150 valence electrons. The van der Waals surface area contributed by atoms with Gasteiger partial charge in [-0.25, -0.2) is 0 Å². The molecule has 30 heavy (non-hydrogen) atoms. The van der Waals surface area contributed by atoms with E-state index in [4.69, 9.17) is 0 Å². The summed E-state index contributed by atoms with van der Waals surface area (Å²) in [6.45, 7) is 4.55. The largest absolute Gasteiger partial charge is 0.369 e. The predicted octanol–water partition coefficient (Wildman–Crippen LogP) is 4.46. The Morgan fingerprint density at radius 1 is 0.900 bits per heavy atom. The van der Waals surface area contributed by atoms with E-state index in [1.807, 2.05) is 36.4 Å². The van der Waals surface area contributed by atoms with E-state index in [0.717, 1.165) is 49.5 Å². The highest BCUT2D eigenvalue weighted by atomic mass is 16.6. The molecule has 1 heterocycles. The molecule has 1 saturated heterocycles. The van der Waals surface area contributed by atoms with Gasteiger partial charge in [0.05, 0.1) is 16.6 Å².